The summed E-state index contributed by atoms with van der Waals surface area (Å²) >= 11 is 0. The number of aryl methyl sites for hydroxylation is 2. The van der Waals surface area contributed by atoms with Crippen LogP contribution < -0.4 is 14.9 Å². The van der Waals surface area contributed by atoms with Gasteiger partial charge in [-0.25, -0.2) is 8.42 Å². The Labute approximate surface area is 219 Å². The summed E-state index contributed by atoms with van der Waals surface area (Å²) in [5.74, 6) is -0.627. The highest BCUT2D eigenvalue weighted by Crippen LogP contribution is 2.37. The van der Waals surface area contributed by atoms with Gasteiger partial charge in [0.1, 0.15) is 0 Å². The zero-order valence-electron chi connectivity index (χ0n) is 21.1. The molecule has 3 aromatic rings. The van der Waals surface area contributed by atoms with E-state index < -0.39 is 40.8 Å². The van der Waals surface area contributed by atoms with Crippen LogP contribution in [0.2, 0.25) is 0 Å². The number of carbonyl (C=O) groups is 1. The van der Waals surface area contributed by atoms with Crippen LogP contribution >= 0.6 is 0 Å². The number of hydrogen-bond acceptors (Lipinski definition) is 5. The number of nitrogens with one attached hydrogen (secondary N) is 2. The molecule has 1 amide bonds. The number of rotatable bonds is 9. The summed E-state index contributed by atoms with van der Waals surface area (Å²) in [6, 6.07) is 11.3. The number of benzene rings is 2. The fourth-order valence-electron chi connectivity index (χ4n) is 4.75. The summed E-state index contributed by atoms with van der Waals surface area (Å²) in [6.07, 6.45) is -3.32. The molecule has 0 fully saturated rings. The average molecular weight is 553 g/mol. The Morgan fingerprint density at radius 1 is 1.18 bits per heavy atom. The van der Waals surface area contributed by atoms with Crippen molar-refractivity contribution in [3.05, 3.63) is 65.4 Å². The van der Waals surface area contributed by atoms with Crippen LogP contribution in [-0.2, 0) is 29.4 Å². The van der Waals surface area contributed by atoms with Crippen molar-refractivity contribution in [2.75, 3.05) is 30.2 Å². The molecule has 12 heteroatoms. The van der Waals surface area contributed by atoms with E-state index in [9.17, 15) is 31.5 Å². The number of aromatic nitrogens is 1. The van der Waals surface area contributed by atoms with Crippen molar-refractivity contribution in [3.63, 3.8) is 0 Å². The second-order valence-corrected chi connectivity index (χ2v) is 11.6. The number of alkyl halides is 3. The zero-order chi connectivity index (χ0) is 27.7. The van der Waals surface area contributed by atoms with Crippen LogP contribution in [0.1, 0.15) is 28.4 Å². The van der Waals surface area contributed by atoms with E-state index in [2.05, 4.69) is 10.6 Å². The average Bonchev–Trinajstić information content (AvgIpc) is 3.19. The molecule has 4 rings (SSSR count). The molecule has 1 aromatic heterocycles. The quantitative estimate of drug-likeness (QED) is 0.379. The summed E-state index contributed by atoms with van der Waals surface area (Å²) in [4.78, 5) is 13.5. The molecule has 1 aliphatic rings. The number of carbonyl (C=O) groups excluding carboxylic acids is 1. The van der Waals surface area contributed by atoms with Gasteiger partial charge in [-0.15, -0.1) is 0 Å². The minimum Gasteiger partial charge on any atom is -0.390 e. The maximum atomic E-state index is 13.5. The topological polar surface area (TPSA) is 104 Å². The highest BCUT2D eigenvalue weighted by atomic mass is 32.2. The van der Waals surface area contributed by atoms with Gasteiger partial charge in [0.25, 0.3) is 5.91 Å². The molecule has 2 aromatic carbocycles. The molecule has 0 saturated heterocycles. The fraction of sp³-hybridized carbons (Fsp3) is 0.423. The van der Waals surface area contributed by atoms with Crippen molar-refractivity contribution >= 4 is 32.5 Å². The van der Waals surface area contributed by atoms with E-state index >= 15 is 0 Å². The Bertz CT molecular complexity index is 1410. The van der Waals surface area contributed by atoms with Crippen LogP contribution in [-0.4, -0.2) is 68.2 Å². The first kappa shape index (κ1) is 27.9. The van der Waals surface area contributed by atoms with Crippen molar-refractivity contribution in [2.45, 2.75) is 44.6 Å². The maximum absolute atomic E-state index is 13.5. The second kappa shape index (κ2) is 11.0. The smallest absolute Gasteiger partial charge is 0.390 e. The van der Waals surface area contributed by atoms with Crippen LogP contribution in [0, 0.1) is 0 Å². The number of anilines is 1. The standard InChI is InChI=1S/C26H31F3N4O4S/c1-3-33-15-18-9-10-38(36,37)32(2)21-12-19(13-22(33)24(18)21)25(35)31-20(11-17-7-5-4-6-8-17)23(34)14-30-16-26(27,28)29/h4-8,12-13,15,20,23,30,34H,3,9-11,14,16H2,1-2H3,(H,31,35)/t20-,23+/m0/s1. The lowest BCUT2D eigenvalue weighted by molar-refractivity contribution is -0.125. The molecule has 206 valence electrons. The van der Waals surface area contributed by atoms with Crippen LogP contribution in [0.5, 0.6) is 0 Å². The Morgan fingerprint density at radius 2 is 1.89 bits per heavy atom. The van der Waals surface area contributed by atoms with Crippen LogP contribution in [0.3, 0.4) is 0 Å². The van der Waals surface area contributed by atoms with Gasteiger partial charge < -0.3 is 20.3 Å². The van der Waals surface area contributed by atoms with Crippen molar-refractivity contribution in [3.8, 4) is 0 Å². The minimum atomic E-state index is -4.44. The van der Waals surface area contributed by atoms with Gasteiger partial charge in [-0.2, -0.15) is 13.2 Å². The molecule has 0 aliphatic carbocycles. The Balaban J connectivity index is 1.66. The molecule has 8 nitrogen and oxygen atoms in total. The molecule has 2 atom stereocenters. The number of hydrogen-bond donors (Lipinski definition) is 3. The SMILES string of the molecule is CCn1cc2c3c(cc(C(=O)N[C@@H](Cc4ccccc4)[C@H](O)CNCC(F)(F)F)cc31)N(C)S(=O)(=O)CC2. The van der Waals surface area contributed by atoms with Gasteiger partial charge in [0.15, 0.2) is 0 Å². The monoisotopic (exact) mass is 552 g/mol. The van der Waals surface area contributed by atoms with Crippen molar-refractivity contribution in [1.82, 2.24) is 15.2 Å². The van der Waals surface area contributed by atoms with Crippen molar-refractivity contribution < 1.29 is 31.5 Å². The predicted molar refractivity (Wildman–Crippen MR) is 140 cm³/mol. The number of aliphatic hydroxyl groups excluding tert-OH is 1. The number of aliphatic hydroxyl groups is 1. The molecular formula is C26H31F3N4O4S. The molecule has 0 spiro atoms. The number of halogens is 3. The Hall–Kier alpha value is -3.09. The predicted octanol–water partition coefficient (Wildman–Crippen LogP) is 2.84. The summed E-state index contributed by atoms with van der Waals surface area (Å²) < 4.78 is 66.5. The van der Waals surface area contributed by atoms with Gasteiger partial charge in [-0.05, 0) is 43.0 Å². The fourth-order valence-corrected chi connectivity index (χ4v) is 5.95. The molecule has 0 bridgehead atoms. The number of nitrogens with zero attached hydrogens (tertiary/aromatic N) is 2. The normalized spacial score (nSPS) is 16.7. The van der Waals surface area contributed by atoms with Crippen molar-refractivity contribution in [2.24, 2.45) is 0 Å². The van der Waals surface area contributed by atoms with E-state index in [4.69, 9.17) is 0 Å². The van der Waals surface area contributed by atoms with Gasteiger partial charge in [0, 0.05) is 37.3 Å². The van der Waals surface area contributed by atoms with E-state index in [1.807, 2.05) is 23.8 Å². The van der Waals surface area contributed by atoms with Gasteiger partial charge in [-0.3, -0.25) is 9.10 Å². The van der Waals surface area contributed by atoms with E-state index in [-0.39, 0.29) is 24.3 Å². The van der Waals surface area contributed by atoms with E-state index in [1.165, 1.54) is 17.4 Å². The number of amides is 1. The largest absolute Gasteiger partial charge is 0.401 e. The highest BCUT2D eigenvalue weighted by molar-refractivity contribution is 7.92. The second-order valence-electron chi connectivity index (χ2n) is 9.45. The molecule has 0 radical (unpaired) electrons. The first-order valence-electron chi connectivity index (χ1n) is 12.3. The van der Waals surface area contributed by atoms with Gasteiger partial charge in [0.05, 0.1) is 35.6 Å². The van der Waals surface area contributed by atoms with Gasteiger partial charge in [-0.1, -0.05) is 30.3 Å². The lowest BCUT2D eigenvalue weighted by Crippen LogP contribution is -2.49. The minimum absolute atomic E-state index is 0.0567. The van der Waals surface area contributed by atoms with Gasteiger partial charge >= 0.3 is 6.18 Å². The molecule has 0 saturated carbocycles. The molecule has 38 heavy (non-hydrogen) atoms. The third-order valence-corrected chi connectivity index (χ3v) is 8.54. The zero-order valence-corrected chi connectivity index (χ0v) is 21.9. The van der Waals surface area contributed by atoms with E-state index in [0.717, 1.165) is 16.5 Å². The molecule has 2 heterocycles. The van der Waals surface area contributed by atoms with E-state index in [0.29, 0.717) is 24.2 Å². The van der Waals surface area contributed by atoms with Crippen molar-refractivity contribution in [1.29, 1.82) is 0 Å². The lowest BCUT2D eigenvalue weighted by Gasteiger charge is -2.26. The highest BCUT2D eigenvalue weighted by Gasteiger charge is 2.31. The summed E-state index contributed by atoms with van der Waals surface area (Å²) in [5.41, 5.74) is 2.94. The lowest BCUT2D eigenvalue weighted by atomic mass is 10.00. The van der Waals surface area contributed by atoms with E-state index in [1.54, 1.807) is 30.3 Å². The van der Waals surface area contributed by atoms with Crippen LogP contribution in [0.4, 0.5) is 18.9 Å². The Morgan fingerprint density at radius 3 is 2.55 bits per heavy atom. The first-order valence-corrected chi connectivity index (χ1v) is 13.9. The molecule has 1 aliphatic heterocycles. The Kier molecular flexibility index (Phi) is 8.05. The molecular weight excluding hydrogens is 521 g/mol. The third-order valence-electron chi connectivity index (χ3n) is 6.79. The van der Waals surface area contributed by atoms with Crippen LogP contribution in [0.15, 0.2) is 48.7 Å². The molecule has 3 N–H and O–H groups in total. The molecule has 0 unspecified atom stereocenters. The summed E-state index contributed by atoms with van der Waals surface area (Å²) in [6.45, 7) is 0.900. The number of sulfonamides is 1. The van der Waals surface area contributed by atoms with Crippen LogP contribution in [0.25, 0.3) is 10.9 Å². The first-order chi connectivity index (χ1) is 17.9. The maximum Gasteiger partial charge on any atom is 0.401 e. The van der Waals surface area contributed by atoms with Gasteiger partial charge in [0.2, 0.25) is 10.0 Å². The summed E-state index contributed by atoms with van der Waals surface area (Å²) in [7, 11) is -2.13. The third kappa shape index (κ3) is 6.13. The summed E-state index contributed by atoms with van der Waals surface area (Å²) in [5, 5.41) is 16.5.